The van der Waals surface area contributed by atoms with Crippen LogP contribution < -0.4 is 10.6 Å². The molecule has 0 aromatic heterocycles. The van der Waals surface area contributed by atoms with Crippen LogP contribution in [0.1, 0.15) is 16.8 Å². The average Bonchev–Trinajstić information content (AvgIpc) is 2.58. The first-order chi connectivity index (χ1) is 7.99. The van der Waals surface area contributed by atoms with E-state index in [-0.39, 0.29) is 29.0 Å². The van der Waals surface area contributed by atoms with Crippen molar-refractivity contribution in [3.05, 3.63) is 28.8 Å². The number of amides is 1. The Morgan fingerprint density at radius 3 is 2.76 bits per heavy atom. The van der Waals surface area contributed by atoms with E-state index >= 15 is 0 Å². The molecular weight excluding hydrogens is 244 g/mol. The number of nitrogens with two attached hydrogens (primary N) is 1. The first kappa shape index (κ1) is 11.9. The van der Waals surface area contributed by atoms with Gasteiger partial charge in [0.25, 0.3) is 0 Å². The normalized spacial score (nSPS) is 19.8. The molecule has 1 aromatic carbocycles. The predicted octanol–water partition coefficient (Wildman–Crippen LogP) is 1.10. The molecule has 1 amide bonds. The Labute approximate surface area is 103 Å². The minimum absolute atomic E-state index is 0.0163. The zero-order valence-electron chi connectivity index (χ0n) is 8.89. The van der Waals surface area contributed by atoms with E-state index in [9.17, 15) is 9.59 Å². The van der Waals surface area contributed by atoms with Crippen LogP contribution in [0.25, 0.3) is 0 Å². The molecule has 0 aliphatic carbocycles. The van der Waals surface area contributed by atoms with Gasteiger partial charge in [-0.25, -0.2) is 4.79 Å². The zero-order valence-corrected chi connectivity index (χ0v) is 9.65. The highest BCUT2D eigenvalue weighted by Gasteiger charge is 2.28. The molecular formula is C11H11ClN2O3. The van der Waals surface area contributed by atoms with Gasteiger partial charge in [0.2, 0.25) is 5.91 Å². The molecule has 90 valence electrons. The van der Waals surface area contributed by atoms with E-state index in [2.05, 4.69) is 0 Å². The quantitative estimate of drug-likeness (QED) is 0.828. The summed E-state index contributed by atoms with van der Waals surface area (Å²) in [6.45, 7) is 0.402. The van der Waals surface area contributed by atoms with Gasteiger partial charge in [-0.2, -0.15) is 0 Å². The third kappa shape index (κ3) is 2.25. The molecule has 6 heteroatoms. The molecule has 5 nitrogen and oxygen atoms in total. The summed E-state index contributed by atoms with van der Waals surface area (Å²) in [6.07, 6.45) is 0.283. The van der Waals surface area contributed by atoms with Gasteiger partial charge in [0.15, 0.2) is 0 Å². The monoisotopic (exact) mass is 254 g/mol. The smallest absolute Gasteiger partial charge is 0.337 e. The molecule has 0 spiro atoms. The lowest BCUT2D eigenvalue weighted by atomic mass is 10.2. The zero-order chi connectivity index (χ0) is 12.6. The third-order valence-corrected chi connectivity index (χ3v) is 2.98. The van der Waals surface area contributed by atoms with Gasteiger partial charge in [-0.1, -0.05) is 11.6 Å². The maximum Gasteiger partial charge on any atom is 0.337 e. The third-order valence-electron chi connectivity index (χ3n) is 2.65. The van der Waals surface area contributed by atoms with Crippen LogP contribution in [0.3, 0.4) is 0 Å². The van der Waals surface area contributed by atoms with E-state index in [0.29, 0.717) is 12.2 Å². The van der Waals surface area contributed by atoms with Crippen LogP contribution in [0.5, 0.6) is 0 Å². The van der Waals surface area contributed by atoms with Gasteiger partial charge in [0.05, 0.1) is 10.6 Å². The average molecular weight is 255 g/mol. The van der Waals surface area contributed by atoms with E-state index < -0.39 is 5.97 Å². The lowest BCUT2D eigenvalue weighted by molar-refractivity contribution is -0.117. The van der Waals surface area contributed by atoms with Gasteiger partial charge in [-0.05, 0) is 18.2 Å². The molecule has 1 heterocycles. The fraction of sp³-hybridized carbons (Fsp3) is 0.273. The Morgan fingerprint density at radius 1 is 1.53 bits per heavy atom. The van der Waals surface area contributed by atoms with Crippen LogP contribution in [0.15, 0.2) is 18.2 Å². The Balaban J connectivity index is 2.37. The molecule has 1 unspecified atom stereocenters. The number of carboxylic acids is 1. The lowest BCUT2D eigenvalue weighted by Crippen LogP contribution is -2.28. The number of anilines is 1. The van der Waals surface area contributed by atoms with Gasteiger partial charge >= 0.3 is 5.97 Å². The molecule has 3 N–H and O–H groups in total. The summed E-state index contributed by atoms with van der Waals surface area (Å²) in [5.74, 6) is -1.22. The molecule has 0 bridgehead atoms. The molecule has 1 aromatic rings. The highest BCUT2D eigenvalue weighted by molar-refractivity contribution is 6.33. The van der Waals surface area contributed by atoms with Gasteiger partial charge in [0, 0.05) is 24.7 Å². The van der Waals surface area contributed by atoms with E-state index in [1.807, 2.05) is 0 Å². The van der Waals surface area contributed by atoms with Crippen LogP contribution >= 0.6 is 11.6 Å². The van der Waals surface area contributed by atoms with Crippen LogP contribution in [0.4, 0.5) is 5.69 Å². The Morgan fingerprint density at radius 2 is 2.24 bits per heavy atom. The molecule has 17 heavy (non-hydrogen) atoms. The number of carboxylic acid groups (broad SMARTS) is 1. The second kappa shape index (κ2) is 4.35. The number of hydrogen-bond acceptors (Lipinski definition) is 3. The summed E-state index contributed by atoms with van der Waals surface area (Å²) in [5.41, 5.74) is 6.18. The van der Waals surface area contributed by atoms with Gasteiger partial charge in [-0.15, -0.1) is 0 Å². The number of halogens is 1. The largest absolute Gasteiger partial charge is 0.478 e. The van der Waals surface area contributed by atoms with Crippen molar-refractivity contribution in [2.75, 3.05) is 11.4 Å². The van der Waals surface area contributed by atoms with Gasteiger partial charge in [0.1, 0.15) is 0 Å². The van der Waals surface area contributed by atoms with Crippen molar-refractivity contribution in [2.45, 2.75) is 12.5 Å². The van der Waals surface area contributed by atoms with Crippen LogP contribution in [0.2, 0.25) is 5.02 Å². The molecule has 1 fully saturated rings. The minimum Gasteiger partial charge on any atom is -0.478 e. The maximum atomic E-state index is 11.6. The van der Waals surface area contributed by atoms with Crippen molar-refractivity contribution in [3.63, 3.8) is 0 Å². The summed E-state index contributed by atoms with van der Waals surface area (Å²) in [7, 11) is 0. The summed E-state index contributed by atoms with van der Waals surface area (Å²) in [6, 6.07) is 4.27. The number of nitrogens with zero attached hydrogens (tertiary/aromatic N) is 1. The Kier molecular flexibility index (Phi) is 3.04. The number of rotatable bonds is 2. The Bertz CT molecular complexity index is 490. The molecule has 2 rings (SSSR count). The van der Waals surface area contributed by atoms with Crippen molar-refractivity contribution < 1.29 is 14.7 Å². The molecule has 1 aliphatic heterocycles. The van der Waals surface area contributed by atoms with Crippen molar-refractivity contribution >= 4 is 29.2 Å². The molecule has 1 atom stereocenters. The predicted molar refractivity (Wildman–Crippen MR) is 63.4 cm³/mol. The number of aromatic carboxylic acids is 1. The summed E-state index contributed by atoms with van der Waals surface area (Å²) < 4.78 is 0. The van der Waals surface area contributed by atoms with Gasteiger partial charge < -0.3 is 15.7 Å². The van der Waals surface area contributed by atoms with Crippen molar-refractivity contribution in [2.24, 2.45) is 5.73 Å². The number of carbonyl (C=O) groups is 2. The first-order valence-corrected chi connectivity index (χ1v) is 5.45. The second-order valence-electron chi connectivity index (χ2n) is 3.94. The SMILES string of the molecule is NC1CC(=O)N(c2ccc(Cl)c(C(=O)O)c2)C1. The highest BCUT2D eigenvalue weighted by Crippen LogP contribution is 2.26. The van der Waals surface area contributed by atoms with E-state index in [1.54, 1.807) is 6.07 Å². The number of hydrogen-bond donors (Lipinski definition) is 2. The minimum atomic E-state index is -1.12. The summed E-state index contributed by atoms with van der Waals surface area (Å²) >= 11 is 5.75. The van der Waals surface area contributed by atoms with E-state index in [1.165, 1.54) is 17.0 Å². The summed E-state index contributed by atoms with van der Waals surface area (Å²) in [5, 5.41) is 9.09. The summed E-state index contributed by atoms with van der Waals surface area (Å²) in [4.78, 5) is 24.0. The topological polar surface area (TPSA) is 83.6 Å². The van der Waals surface area contributed by atoms with E-state index in [4.69, 9.17) is 22.4 Å². The van der Waals surface area contributed by atoms with Gasteiger partial charge in [-0.3, -0.25) is 4.79 Å². The number of benzene rings is 1. The van der Waals surface area contributed by atoms with Crippen molar-refractivity contribution in [1.29, 1.82) is 0 Å². The maximum absolute atomic E-state index is 11.6. The highest BCUT2D eigenvalue weighted by atomic mass is 35.5. The van der Waals surface area contributed by atoms with E-state index in [0.717, 1.165) is 0 Å². The fourth-order valence-electron chi connectivity index (χ4n) is 1.83. The molecule has 1 aliphatic rings. The first-order valence-electron chi connectivity index (χ1n) is 5.08. The fourth-order valence-corrected chi connectivity index (χ4v) is 2.03. The van der Waals surface area contributed by atoms with Crippen LogP contribution in [-0.2, 0) is 4.79 Å². The molecule has 1 saturated heterocycles. The van der Waals surface area contributed by atoms with Crippen LogP contribution in [-0.4, -0.2) is 29.6 Å². The standard InChI is InChI=1S/C11H11ClN2O3/c12-9-2-1-7(4-8(9)11(16)17)14-5-6(13)3-10(14)15/h1-2,4,6H,3,5,13H2,(H,16,17). The number of carbonyl (C=O) groups excluding carboxylic acids is 1. The second-order valence-corrected chi connectivity index (χ2v) is 4.35. The molecule has 0 radical (unpaired) electrons. The van der Waals surface area contributed by atoms with Crippen molar-refractivity contribution in [3.8, 4) is 0 Å². The molecule has 0 saturated carbocycles. The van der Waals surface area contributed by atoms with Crippen LogP contribution in [0, 0.1) is 0 Å². The lowest BCUT2D eigenvalue weighted by Gasteiger charge is -2.16. The van der Waals surface area contributed by atoms with Crippen molar-refractivity contribution in [1.82, 2.24) is 0 Å². The Hall–Kier alpha value is -1.59.